The number of phenols is 1. The van der Waals surface area contributed by atoms with Crippen molar-refractivity contribution < 1.29 is 19.7 Å². The largest absolute Gasteiger partial charge is 0.505 e. The minimum absolute atomic E-state index is 0.161. The lowest BCUT2D eigenvalue weighted by atomic mass is 10.1. The van der Waals surface area contributed by atoms with Crippen LogP contribution in [0.15, 0.2) is 30.5 Å². The van der Waals surface area contributed by atoms with Gasteiger partial charge >= 0.3 is 5.97 Å². The summed E-state index contributed by atoms with van der Waals surface area (Å²) < 4.78 is 5.00. The smallest absolute Gasteiger partial charge is 0.339 e. The van der Waals surface area contributed by atoms with E-state index in [1.54, 1.807) is 25.1 Å². The van der Waals surface area contributed by atoms with Gasteiger partial charge in [0.15, 0.2) is 5.75 Å². The molecule has 1 aromatic carbocycles. The van der Waals surface area contributed by atoms with Crippen molar-refractivity contribution in [1.29, 1.82) is 0 Å². The van der Waals surface area contributed by atoms with Gasteiger partial charge in [0.25, 0.3) is 0 Å². The van der Waals surface area contributed by atoms with Gasteiger partial charge in [-0.2, -0.15) is 0 Å². The zero-order valence-corrected chi connectivity index (χ0v) is 11.0. The Morgan fingerprint density at radius 1 is 1.30 bits per heavy atom. The fourth-order valence-electron chi connectivity index (χ4n) is 1.73. The predicted molar refractivity (Wildman–Crippen MR) is 73.9 cm³/mol. The Morgan fingerprint density at radius 3 is 2.60 bits per heavy atom. The fraction of sp³-hybridized carbons (Fsp3) is 0.143. The quantitative estimate of drug-likeness (QED) is 0.742. The van der Waals surface area contributed by atoms with Crippen molar-refractivity contribution in [2.24, 2.45) is 0 Å². The molecule has 0 atom stereocenters. The number of carboxylic acid groups (broad SMARTS) is 1. The number of rotatable bonds is 4. The Morgan fingerprint density at radius 2 is 2.05 bits per heavy atom. The first-order chi connectivity index (χ1) is 9.52. The van der Waals surface area contributed by atoms with Gasteiger partial charge in [-0.15, -0.1) is 0 Å². The molecule has 0 saturated carbocycles. The van der Waals surface area contributed by atoms with Crippen LogP contribution in [0.5, 0.6) is 11.5 Å². The number of aryl methyl sites for hydroxylation is 1. The van der Waals surface area contributed by atoms with Crippen molar-refractivity contribution in [3.8, 4) is 11.5 Å². The minimum Gasteiger partial charge on any atom is -0.505 e. The van der Waals surface area contributed by atoms with E-state index in [1.165, 1.54) is 19.4 Å². The molecule has 1 heterocycles. The molecule has 0 bridgehead atoms. The number of methoxy groups -OCH3 is 1. The number of aromatic nitrogens is 1. The monoisotopic (exact) mass is 274 g/mol. The van der Waals surface area contributed by atoms with Gasteiger partial charge < -0.3 is 20.3 Å². The van der Waals surface area contributed by atoms with Crippen LogP contribution in [0.25, 0.3) is 0 Å². The molecule has 20 heavy (non-hydrogen) atoms. The second kappa shape index (κ2) is 5.48. The third-order valence-corrected chi connectivity index (χ3v) is 2.84. The summed E-state index contributed by atoms with van der Waals surface area (Å²) in [5, 5.41) is 21.9. The molecular weight excluding hydrogens is 260 g/mol. The van der Waals surface area contributed by atoms with Gasteiger partial charge in [-0.05, 0) is 30.7 Å². The molecule has 1 aromatic heterocycles. The van der Waals surface area contributed by atoms with Crippen LogP contribution in [0, 0.1) is 6.92 Å². The number of aromatic carboxylic acids is 1. The Labute approximate surface area is 115 Å². The lowest BCUT2D eigenvalue weighted by Gasteiger charge is -2.12. The van der Waals surface area contributed by atoms with Gasteiger partial charge in [-0.25, -0.2) is 9.78 Å². The molecule has 0 aliphatic carbocycles. The van der Waals surface area contributed by atoms with Crippen molar-refractivity contribution in [3.05, 3.63) is 41.6 Å². The fourth-order valence-corrected chi connectivity index (χ4v) is 1.73. The number of aromatic hydroxyl groups is 1. The average Bonchev–Trinajstić information content (AvgIpc) is 2.43. The van der Waals surface area contributed by atoms with E-state index in [0.717, 1.165) is 0 Å². The number of benzene rings is 1. The molecule has 3 N–H and O–H groups in total. The van der Waals surface area contributed by atoms with Crippen molar-refractivity contribution >= 4 is 17.5 Å². The summed E-state index contributed by atoms with van der Waals surface area (Å²) in [6.07, 6.45) is 1.52. The topological polar surface area (TPSA) is 91.7 Å². The number of carboxylic acids is 1. The molecule has 0 radical (unpaired) electrons. The molecule has 6 nitrogen and oxygen atoms in total. The van der Waals surface area contributed by atoms with Crippen LogP contribution in [-0.4, -0.2) is 28.3 Å². The number of carbonyl (C=O) groups is 1. The van der Waals surface area contributed by atoms with Crippen LogP contribution in [-0.2, 0) is 0 Å². The molecule has 6 heteroatoms. The maximum Gasteiger partial charge on any atom is 0.339 e. The third kappa shape index (κ3) is 2.64. The van der Waals surface area contributed by atoms with Gasteiger partial charge in [0, 0.05) is 0 Å². The Hall–Kier alpha value is -2.76. The van der Waals surface area contributed by atoms with E-state index in [0.29, 0.717) is 22.8 Å². The number of nitrogens with one attached hydrogen (secondary N) is 1. The molecule has 0 aliphatic heterocycles. The van der Waals surface area contributed by atoms with Gasteiger partial charge in [-0.1, -0.05) is 6.07 Å². The Balaban J connectivity index is 2.36. The molecule has 0 fully saturated rings. The lowest BCUT2D eigenvalue weighted by molar-refractivity contribution is 0.0694. The zero-order valence-electron chi connectivity index (χ0n) is 11.0. The van der Waals surface area contributed by atoms with E-state index >= 15 is 0 Å². The summed E-state index contributed by atoms with van der Waals surface area (Å²) in [6.45, 7) is 1.76. The second-order valence-corrected chi connectivity index (χ2v) is 4.17. The number of nitrogens with zero attached hydrogens (tertiary/aromatic N) is 1. The molecule has 0 unspecified atom stereocenters. The van der Waals surface area contributed by atoms with Crippen molar-refractivity contribution in [3.63, 3.8) is 0 Å². The van der Waals surface area contributed by atoms with Gasteiger partial charge in [-0.3, -0.25) is 0 Å². The maximum atomic E-state index is 11.0. The van der Waals surface area contributed by atoms with Crippen molar-refractivity contribution in [2.75, 3.05) is 12.4 Å². The van der Waals surface area contributed by atoms with E-state index in [-0.39, 0.29) is 11.3 Å². The predicted octanol–water partition coefficient (Wildman–Crippen LogP) is 2.55. The Bertz CT molecular complexity index is 638. The lowest BCUT2D eigenvalue weighted by Crippen LogP contribution is -2.02. The second-order valence-electron chi connectivity index (χ2n) is 4.17. The van der Waals surface area contributed by atoms with Crippen molar-refractivity contribution in [2.45, 2.75) is 6.92 Å². The number of pyridine rings is 1. The molecule has 2 rings (SSSR count). The SMILES string of the molecule is COc1ccc(Nc2c(C)ccc(C(=O)O)c2O)nc1. The van der Waals surface area contributed by atoms with Gasteiger partial charge in [0.05, 0.1) is 19.0 Å². The van der Waals surface area contributed by atoms with Gasteiger partial charge in [0.1, 0.15) is 17.1 Å². The van der Waals surface area contributed by atoms with E-state index in [9.17, 15) is 9.90 Å². The third-order valence-electron chi connectivity index (χ3n) is 2.84. The highest BCUT2D eigenvalue weighted by Gasteiger charge is 2.15. The van der Waals surface area contributed by atoms with E-state index in [1.807, 2.05) is 0 Å². The molecule has 2 aromatic rings. The summed E-state index contributed by atoms with van der Waals surface area (Å²) in [5.41, 5.74) is 0.874. The van der Waals surface area contributed by atoms with Crippen LogP contribution in [0.4, 0.5) is 11.5 Å². The number of ether oxygens (including phenoxy) is 1. The van der Waals surface area contributed by atoms with Crippen LogP contribution in [0.1, 0.15) is 15.9 Å². The Kier molecular flexibility index (Phi) is 3.74. The van der Waals surface area contributed by atoms with E-state index in [2.05, 4.69) is 10.3 Å². The summed E-state index contributed by atoms with van der Waals surface area (Å²) in [5.74, 6) is -0.411. The molecule has 0 aliphatic rings. The zero-order chi connectivity index (χ0) is 14.7. The first-order valence-electron chi connectivity index (χ1n) is 5.86. The number of hydrogen-bond acceptors (Lipinski definition) is 5. The van der Waals surface area contributed by atoms with Crippen molar-refractivity contribution in [1.82, 2.24) is 4.98 Å². The standard InChI is InChI=1S/C14H14N2O4/c1-8-3-5-10(14(18)19)13(17)12(8)16-11-6-4-9(20-2)7-15-11/h3-7,17H,1-2H3,(H,15,16)(H,18,19). The molecule has 0 saturated heterocycles. The van der Waals surface area contributed by atoms with E-state index in [4.69, 9.17) is 9.84 Å². The molecule has 104 valence electrons. The summed E-state index contributed by atoms with van der Waals surface area (Å²) >= 11 is 0. The van der Waals surface area contributed by atoms with Gasteiger partial charge in [0.2, 0.25) is 0 Å². The highest BCUT2D eigenvalue weighted by atomic mass is 16.5. The summed E-state index contributed by atoms with van der Waals surface area (Å²) in [6, 6.07) is 6.36. The maximum absolute atomic E-state index is 11.0. The minimum atomic E-state index is -1.19. The van der Waals surface area contributed by atoms with Crippen LogP contribution in [0.3, 0.4) is 0 Å². The van der Waals surface area contributed by atoms with E-state index < -0.39 is 5.97 Å². The van der Waals surface area contributed by atoms with Crippen LogP contribution >= 0.6 is 0 Å². The molecule has 0 spiro atoms. The normalized spacial score (nSPS) is 10.1. The highest BCUT2D eigenvalue weighted by molar-refractivity contribution is 5.94. The number of anilines is 2. The van der Waals surface area contributed by atoms with Crippen LogP contribution in [0.2, 0.25) is 0 Å². The first-order valence-corrected chi connectivity index (χ1v) is 5.86. The highest BCUT2D eigenvalue weighted by Crippen LogP contribution is 2.33. The molecule has 0 amide bonds. The number of hydrogen-bond donors (Lipinski definition) is 3. The summed E-state index contributed by atoms with van der Waals surface area (Å²) in [7, 11) is 1.54. The first kappa shape index (κ1) is 13.7. The molecular formula is C14H14N2O4. The van der Waals surface area contributed by atoms with Crippen LogP contribution < -0.4 is 10.1 Å². The summed E-state index contributed by atoms with van der Waals surface area (Å²) in [4.78, 5) is 15.1. The average molecular weight is 274 g/mol.